The maximum absolute atomic E-state index is 12.9. The molecule has 1 aromatic heterocycles. The summed E-state index contributed by atoms with van der Waals surface area (Å²) in [5.41, 5.74) is 1.88. The Balaban J connectivity index is 1.34. The number of nitrogens with zero attached hydrogens (tertiary/aromatic N) is 4. The first-order chi connectivity index (χ1) is 14.1. The third-order valence-electron chi connectivity index (χ3n) is 5.59. The van der Waals surface area contributed by atoms with Gasteiger partial charge in [0.2, 0.25) is 17.7 Å². The van der Waals surface area contributed by atoms with Crippen molar-refractivity contribution in [2.24, 2.45) is 5.92 Å². The smallest absolute Gasteiger partial charge is 0.253 e. The molecule has 2 aromatic rings. The van der Waals surface area contributed by atoms with Gasteiger partial charge in [-0.15, -0.1) is 10.2 Å². The second kappa shape index (κ2) is 8.73. The van der Waals surface area contributed by atoms with Crippen molar-refractivity contribution in [2.75, 3.05) is 32.7 Å². The van der Waals surface area contributed by atoms with Gasteiger partial charge in [-0.25, -0.2) is 0 Å². The Morgan fingerprint density at radius 3 is 3.00 bits per heavy atom. The van der Waals surface area contributed by atoms with Crippen molar-refractivity contribution >= 4 is 11.8 Å². The number of amides is 2. The SMILES string of the molecule is Cc1nnc(CN2CCC(Cc3cccc(C(=O)N4CCNC(=O)CC4)c3)C2)o1. The molecular weight excluding hydrogens is 370 g/mol. The van der Waals surface area contributed by atoms with Gasteiger partial charge in [0.1, 0.15) is 0 Å². The molecule has 1 unspecified atom stereocenters. The maximum Gasteiger partial charge on any atom is 0.253 e. The number of nitrogens with one attached hydrogen (secondary N) is 1. The monoisotopic (exact) mass is 397 g/mol. The average Bonchev–Trinajstić information content (AvgIpc) is 3.26. The Hall–Kier alpha value is -2.74. The standard InChI is InChI=1S/C21H27N5O3/c1-15-23-24-20(29-15)14-25-8-5-17(13-25)11-16-3-2-4-18(12-16)21(28)26-9-6-19(27)22-7-10-26/h2-4,12,17H,5-11,13-14H2,1H3,(H,22,27). The molecule has 2 saturated heterocycles. The summed E-state index contributed by atoms with van der Waals surface area (Å²) in [7, 11) is 0. The molecule has 4 rings (SSSR count). The second-order valence-corrected chi connectivity index (χ2v) is 7.90. The Morgan fingerprint density at radius 2 is 2.17 bits per heavy atom. The number of rotatable bonds is 5. The van der Waals surface area contributed by atoms with Crippen molar-refractivity contribution < 1.29 is 14.0 Å². The number of aryl methyl sites for hydroxylation is 1. The molecule has 2 aliphatic heterocycles. The molecule has 8 heteroatoms. The summed E-state index contributed by atoms with van der Waals surface area (Å²) in [6.45, 7) is 6.04. The van der Waals surface area contributed by atoms with Crippen molar-refractivity contribution in [3.63, 3.8) is 0 Å². The van der Waals surface area contributed by atoms with Crippen LogP contribution in [0.5, 0.6) is 0 Å². The Morgan fingerprint density at radius 1 is 1.28 bits per heavy atom. The lowest BCUT2D eigenvalue weighted by atomic mass is 9.97. The van der Waals surface area contributed by atoms with Crippen molar-refractivity contribution in [3.8, 4) is 0 Å². The second-order valence-electron chi connectivity index (χ2n) is 7.90. The van der Waals surface area contributed by atoms with Crippen LogP contribution < -0.4 is 5.32 Å². The third-order valence-corrected chi connectivity index (χ3v) is 5.59. The Labute approximate surface area is 170 Å². The lowest BCUT2D eigenvalue weighted by Crippen LogP contribution is -2.34. The number of hydrogen-bond acceptors (Lipinski definition) is 6. The van der Waals surface area contributed by atoms with Crippen molar-refractivity contribution in [2.45, 2.75) is 32.7 Å². The zero-order valence-corrected chi connectivity index (χ0v) is 16.8. The van der Waals surface area contributed by atoms with E-state index in [1.807, 2.05) is 18.2 Å². The lowest BCUT2D eigenvalue weighted by molar-refractivity contribution is -0.120. The van der Waals surface area contributed by atoms with Crippen LogP contribution in [0.25, 0.3) is 0 Å². The van der Waals surface area contributed by atoms with E-state index < -0.39 is 0 Å². The van der Waals surface area contributed by atoms with Gasteiger partial charge in [-0.1, -0.05) is 12.1 Å². The van der Waals surface area contributed by atoms with E-state index in [-0.39, 0.29) is 11.8 Å². The fraction of sp³-hybridized carbons (Fsp3) is 0.524. The number of likely N-dealkylation sites (tertiary alicyclic amines) is 1. The van der Waals surface area contributed by atoms with E-state index in [0.29, 0.717) is 55.9 Å². The van der Waals surface area contributed by atoms with Crippen LogP contribution in [0.2, 0.25) is 0 Å². The van der Waals surface area contributed by atoms with Crippen LogP contribution in [0.15, 0.2) is 28.7 Å². The molecule has 3 heterocycles. The fourth-order valence-electron chi connectivity index (χ4n) is 4.13. The zero-order valence-electron chi connectivity index (χ0n) is 16.8. The first kappa shape index (κ1) is 19.6. The minimum atomic E-state index is 0.00293. The van der Waals surface area contributed by atoms with Gasteiger partial charge in [-0.05, 0) is 43.0 Å². The highest BCUT2D eigenvalue weighted by Gasteiger charge is 2.25. The first-order valence-corrected chi connectivity index (χ1v) is 10.2. The fourth-order valence-corrected chi connectivity index (χ4v) is 4.13. The van der Waals surface area contributed by atoms with E-state index in [9.17, 15) is 9.59 Å². The first-order valence-electron chi connectivity index (χ1n) is 10.2. The molecular formula is C21H27N5O3. The lowest BCUT2D eigenvalue weighted by Gasteiger charge is -2.20. The molecule has 0 saturated carbocycles. The Kier molecular flexibility index (Phi) is 5.89. The molecule has 2 fully saturated rings. The predicted octanol–water partition coefficient (Wildman–Crippen LogP) is 1.40. The van der Waals surface area contributed by atoms with E-state index in [0.717, 1.165) is 25.9 Å². The number of aromatic nitrogens is 2. The van der Waals surface area contributed by atoms with E-state index in [2.05, 4.69) is 26.5 Å². The van der Waals surface area contributed by atoms with E-state index in [1.54, 1.807) is 11.8 Å². The van der Waals surface area contributed by atoms with Gasteiger partial charge >= 0.3 is 0 Å². The summed E-state index contributed by atoms with van der Waals surface area (Å²) in [6.07, 6.45) is 2.43. The number of carbonyl (C=O) groups excluding carboxylic acids is 2. The average molecular weight is 397 g/mol. The number of carbonyl (C=O) groups is 2. The van der Waals surface area contributed by atoms with Crippen LogP contribution in [-0.2, 0) is 17.8 Å². The summed E-state index contributed by atoms with van der Waals surface area (Å²) >= 11 is 0. The normalized spacial score (nSPS) is 20.5. The summed E-state index contributed by atoms with van der Waals surface area (Å²) in [6, 6.07) is 7.92. The summed E-state index contributed by atoms with van der Waals surface area (Å²) < 4.78 is 5.48. The van der Waals surface area contributed by atoms with Crippen molar-refractivity contribution in [3.05, 3.63) is 47.2 Å². The molecule has 8 nitrogen and oxygen atoms in total. The van der Waals surface area contributed by atoms with Gasteiger partial charge in [-0.3, -0.25) is 14.5 Å². The molecule has 1 aromatic carbocycles. The summed E-state index contributed by atoms with van der Waals surface area (Å²) in [5.74, 6) is 1.83. The van der Waals surface area contributed by atoms with Gasteiger partial charge in [-0.2, -0.15) is 0 Å². The molecule has 0 aliphatic carbocycles. The number of hydrogen-bond donors (Lipinski definition) is 1. The molecule has 1 N–H and O–H groups in total. The molecule has 0 spiro atoms. The van der Waals surface area contributed by atoms with E-state index in [1.165, 1.54) is 5.56 Å². The topological polar surface area (TPSA) is 91.6 Å². The predicted molar refractivity (Wildman–Crippen MR) is 106 cm³/mol. The van der Waals surface area contributed by atoms with Gasteiger partial charge in [0.15, 0.2) is 0 Å². The summed E-state index contributed by atoms with van der Waals surface area (Å²) in [4.78, 5) is 28.5. The highest BCUT2D eigenvalue weighted by Crippen LogP contribution is 2.23. The molecule has 1 atom stereocenters. The van der Waals surface area contributed by atoms with Crippen LogP contribution in [0.1, 0.15) is 40.5 Å². The van der Waals surface area contributed by atoms with E-state index in [4.69, 9.17) is 4.42 Å². The molecule has 0 radical (unpaired) electrons. The van der Waals surface area contributed by atoms with Crippen LogP contribution >= 0.6 is 0 Å². The third kappa shape index (κ3) is 5.00. The van der Waals surface area contributed by atoms with Crippen molar-refractivity contribution in [1.29, 1.82) is 0 Å². The Bertz CT molecular complexity index is 881. The van der Waals surface area contributed by atoms with Crippen LogP contribution in [0.4, 0.5) is 0 Å². The van der Waals surface area contributed by atoms with Gasteiger partial charge < -0.3 is 14.6 Å². The van der Waals surface area contributed by atoms with Gasteiger partial charge in [0.25, 0.3) is 5.91 Å². The molecule has 2 amide bonds. The zero-order chi connectivity index (χ0) is 20.2. The van der Waals surface area contributed by atoms with Gasteiger partial charge in [0.05, 0.1) is 6.54 Å². The van der Waals surface area contributed by atoms with Gasteiger partial charge in [0, 0.05) is 45.1 Å². The van der Waals surface area contributed by atoms with Crippen LogP contribution in [-0.4, -0.2) is 64.5 Å². The minimum Gasteiger partial charge on any atom is -0.424 e. The largest absolute Gasteiger partial charge is 0.424 e. The number of benzene rings is 1. The molecule has 154 valence electrons. The van der Waals surface area contributed by atoms with Crippen LogP contribution in [0.3, 0.4) is 0 Å². The summed E-state index contributed by atoms with van der Waals surface area (Å²) in [5, 5.41) is 10.8. The molecule has 2 aliphatic rings. The van der Waals surface area contributed by atoms with Crippen LogP contribution in [0, 0.1) is 12.8 Å². The molecule has 29 heavy (non-hydrogen) atoms. The maximum atomic E-state index is 12.9. The van der Waals surface area contributed by atoms with Crippen molar-refractivity contribution in [1.82, 2.24) is 25.3 Å². The highest BCUT2D eigenvalue weighted by atomic mass is 16.4. The minimum absolute atomic E-state index is 0.00293. The highest BCUT2D eigenvalue weighted by molar-refractivity contribution is 5.94. The molecule has 0 bridgehead atoms. The quantitative estimate of drug-likeness (QED) is 0.820. The van der Waals surface area contributed by atoms with E-state index >= 15 is 0 Å².